The van der Waals surface area contributed by atoms with Gasteiger partial charge in [0.25, 0.3) is 0 Å². The minimum atomic E-state index is -0.887. The molecule has 3 fully saturated rings. The molecule has 2 atom stereocenters. The smallest absolute Gasteiger partial charge is 0.308 e. The fourth-order valence-electron chi connectivity index (χ4n) is 5.55. The maximum Gasteiger partial charge on any atom is 0.308 e. The highest BCUT2D eigenvalue weighted by Crippen LogP contribution is 2.46. The summed E-state index contributed by atoms with van der Waals surface area (Å²) in [6, 6.07) is 6.89. The number of benzene rings is 1. The van der Waals surface area contributed by atoms with Crippen molar-refractivity contribution in [2.24, 2.45) is 17.8 Å². The van der Waals surface area contributed by atoms with Gasteiger partial charge in [-0.05, 0) is 67.9 Å². The summed E-state index contributed by atoms with van der Waals surface area (Å²) in [4.78, 5) is 20.8. The molecule has 3 aliphatic carbocycles. The normalized spacial score (nSPS) is 23.9. The molecule has 8 nitrogen and oxygen atoms in total. The first-order chi connectivity index (χ1) is 16.5. The summed E-state index contributed by atoms with van der Waals surface area (Å²) in [5.41, 5.74) is 0.747. The van der Waals surface area contributed by atoms with Gasteiger partial charge in [-0.1, -0.05) is 0 Å². The third kappa shape index (κ3) is 3.32. The molecule has 2 bridgehead atoms. The summed E-state index contributed by atoms with van der Waals surface area (Å²) in [6.07, 6.45) is 4.91. The van der Waals surface area contributed by atoms with E-state index in [1.165, 1.54) is 18.4 Å². The summed E-state index contributed by atoms with van der Waals surface area (Å²) in [6.45, 7) is 0. The Morgan fingerprint density at radius 2 is 1.88 bits per heavy atom. The Labute approximate surface area is 192 Å². The van der Waals surface area contributed by atoms with E-state index in [9.17, 15) is 14.3 Å². The topological polar surface area (TPSA) is 117 Å². The third-order valence-corrected chi connectivity index (χ3v) is 7.15. The fraction of sp³-hybridized carbons (Fsp3) is 0.333. The molecule has 0 amide bonds. The highest BCUT2D eigenvalue weighted by molar-refractivity contribution is 5.91. The van der Waals surface area contributed by atoms with Gasteiger partial charge in [-0.25, -0.2) is 18.7 Å². The lowest BCUT2D eigenvalue weighted by Gasteiger charge is -2.47. The first-order valence-electron chi connectivity index (χ1n) is 11.2. The number of rotatable bonds is 5. The van der Waals surface area contributed by atoms with Gasteiger partial charge in [-0.15, -0.1) is 0 Å². The average Bonchev–Trinajstić information content (AvgIpc) is 3.51. The molecule has 0 aliphatic heterocycles. The number of hydrogen-bond acceptors (Lipinski definition) is 6. The van der Waals surface area contributed by atoms with E-state index in [0.29, 0.717) is 10.9 Å². The van der Waals surface area contributed by atoms with Crippen molar-refractivity contribution in [3.8, 4) is 23.0 Å². The van der Waals surface area contributed by atoms with E-state index in [-0.39, 0.29) is 40.6 Å². The number of halogens is 2. The van der Waals surface area contributed by atoms with E-state index in [2.05, 4.69) is 25.5 Å². The number of nitrogens with zero attached hydrogens (tertiary/aromatic N) is 3. The lowest BCUT2D eigenvalue weighted by Crippen LogP contribution is -2.51. The summed E-state index contributed by atoms with van der Waals surface area (Å²) in [5.74, 6) is -2.41. The molecule has 3 saturated carbocycles. The van der Waals surface area contributed by atoms with Crippen molar-refractivity contribution in [1.82, 2.24) is 20.2 Å². The van der Waals surface area contributed by atoms with E-state index >= 15 is 4.39 Å². The van der Waals surface area contributed by atoms with Gasteiger partial charge in [-0.2, -0.15) is 5.10 Å². The zero-order chi connectivity index (χ0) is 23.4. The maximum atomic E-state index is 15.7. The number of aromatic amines is 1. The van der Waals surface area contributed by atoms with Gasteiger partial charge in [0.15, 0.2) is 23.2 Å². The fourth-order valence-corrected chi connectivity index (χ4v) is 5.55. The van der Waals surface area contributed by atoms with Crippen LogP contribution in [0, 0.1) is 29.4 Å². The number of fused-ring (bicyclic) bond motifs is 4. The van der Waals surface area contributed by atoms with Crippen LogP contribution in [0.4, 0.5) is 14.6 Å². The molecule has 0 radical (unpaired) electrons. The second-order valence-corrected chi connectivity index (χ2v) is 9.01. The molecule has 34 heavy (non-hydrogen) atoms. The summed E-state index contributed by atoms with van der Waals surface area (Å²) in [5, 5.41) is 20.5. The highest BCUT2D eigenvalue weighted by atomic mass is 19.1. The SMILES string of the molecule is O=C(O)C1C2CCC(CC2)C1Nc1nc(-c2n[nH]c3ccc(F)cc23)nc(-c2ccco2)c1F. The second-order valence-electron chi connectivity index (χ2n) is 9.01. The monoisotopic (exact) mass is 465 g/mol. The molecular weight excluding hydrogens is 444 g/mol. The van der Waals surface area contributed by atoms with Gasteiger partial charge in [0.05, 0.1) is 17.7 Å². The average molecular weight is 465 g/mol. The Balaban J connectivity index is 1.49. The van der Waals surface area contributed by atoms with Crippen LogP contribution in [0.2, 0.25) is 0 Å². The Morgan fingerprint density at radius 3 is 2.62 bits per heavy atom. The van der Waals surface area contributed by atoms with Gasteiger partial charge < -0.3 is 14.8 Å². The van der Waals surface area contributed by atoms with Crippen molar-refractivity contribution < 1.29 is 23.1 Å². The van der Waals surface area contributed by atoms with Crippen LogP contribution in [0.5, 0.6) is 0 Å². The predicted octanol–water partition coefficient (Wildman–Crippen LogP) is 4.86. The second kappa shape index (κ2) is 7.89. The molecule has 3 aliphatic rings. The number of aromatic nitrogens is 4. The van der Waals surface area contributed by atoms with E-state index in [0.717, 1.165) is 25.7 Å². The van der Waals surface area contributed by atoms with Crippen LogP contribution >= 0.6 is 0 Å². The molecule has 3 N–H and O–H groups in total. The molecule has 3 heterocycles. The quantitative estimate of drug-likeness (QED) is 0.385. The Kier molecular flexibility index (Phi) is 4.82. The van der Waals surface area contributed by atoms with Gasteiger partial charge in [0, 0.05) is 11.4 Å². The van der Waals surface area contributed by atoms with Crippen molar-refractivity contribution in [3.63, 3.8) is 0 Å². The predicted molar refractivity (Wildman–Crippen MR) is 119 cm³/mol. The molecular formula is C24H21F2N5O3. The van der Waals surface area contributed by atoms with E-state index in [1.807, 2.05) is 0 Å². The van der Waals surface area contributed by atoms with Crippen molar-refractivity contribution in [2.45, 2.75) is 31.7 Å². The van der Waals surface area contributed by atoms with Gasteiger partial charge in [-0.3, -0.25) is 9.89 Å². The molecule has 2 unspecified atom stereocenters. The van der Waals surface area contributed by atoms with E-state index in [1.54, 1.807) is 18.2 Å². The molecule has 4 aromatic rings. The zero-order valence-electron chi connectivity index (χ0n) is 18.0. The molecule has 174 valence electrons. The van der Waals surface area contributed by atoms with Crippen molar-refractivity contribution >= 4 is 22.7 Å². The Morgan fingerprint density at radius 1 is 1.09 bits per heavy atom. The van der Waals surface area contributed by atoms with Crippen LogP contribution in [0.25, 0.3) is 33.9 Å². The standard InChI is InChI=1S/C24H21F2N5O3/c25-13-7-8-15-14(10-13)20(31-30-15)23-28-21(16-2-1-9-34-16)18(26)22(29-23)27-19-12-5-3-11(4-6-12)17(19)24(32)33/h1-2,7-12,17,19H,3-6H2,(H,30,31)(H,32,33)(H,27,28,29). The van der Waals surface area contributed by atoms with Crippen molar-refractivity contribution in [3.05, 3.63) is 48.2 Å². The van der Waals surface area contributed by atoms with Crippen LogP contribution in [0.15, 0.2) is 41.0 Å². The maximum absolute atomic E-state index is 15.7. The molecule has 0 saturated heterocycles. The van der Waals surface area contributed by atoms with Crippen molar-refractivity contribution in [1.29, 1.82) is 0 Å². The number of H-pyrrole nitrogens is 1. The first-order valence-corrected chi connectivity index (χ1v) is 11.2. The van der Waals surface area contributed by atoms with Crippen LogP contribution < -0.4 is 5.32 Å². The summed E-state index contributed by atoms with van der Waals surface area (Å²) in [7, 11) is 0. The van der Waals surface area contributed by atoms with Gasteiger partial charge in [0.1, 0.15) is 17.2 Å². The molecule has 7 rings (SSSR count). The number of hydrogen-bond donors (Lipinski definition) is 3. The zero-order valence-corrected chi connectivity index (χ0v) is 18.0. The molecule has 0 spiro atoms. The molecule has 10 heteroatoms. The van der Waals surface area contributed by atoms with E-state index < -0.39 is 29.6 Å². The number of furan rings is 1. The Bertz CT molecular complexity index is 1380. The number of carbonyl (C=O) groups is 1. The van der Waals surface area contributed by atoms with Crippen LogP contribution in [0.1, 0.15) is 25.7 Å². The lowest BCUT2D eigenvalue weighted by atomic mass is 9.61. The number of nitrogens with one attached hydrogen (secondary N) is 2. The van der Waals surface area contributed by atoms with Crippen LogP contribution in [0.3, 0.4) is 0 Å². The van der Waals surface area contributed by atoms with Gasteiger partial charge >= 0.3 is 5.97 Å². The van der Waals surface area contributed by atoms with Crippen LogP contribution in [-0.2, 0) is 4.79 Å². The molecule has 1 aromatic carbocycles. The summed E-state index contributed by atoms with van der Waals surface area (Å²) >= 11 is 0. The summed E-state index contributed by atoms with van der Waals surface area (Å²) < 4.78 is 35.0. The first kappa shape index (κ1) is 20.8. The minimum absolute atomic E-state index is 0.0483. The van der Waals surface area contributed by atoms with Gasteiger partial charge in [0.2, 0.25) is 0 Å². The number of carboxylic acid groups (broad SMARTS) is 1. The minimum Gasteiger partial charge on any atom is -0.481 e. The number of carboxylic acids is 1. The largest absolute Gasteiger partial charge is 0.481 e. The lowest BCUT2D eigenvalue weighted by molar-refractivity contribution is -0.148. The highest BCUT2D eigenvalue weighted by Gasteiger charge is 2.47. The van der Waals surface area contributed by atoms with Crippen LogP contribution in [-0.4, -0.2) is 37.3 Å². The molecule has 3 aromatic heterocycles. The van der Waals surface area contributed by atoms with Crippen molar-refractivity contribution in [2.75, 3.05) is 5.32 Å². The number of aliphatic carboxylic acids is 1. The number of anilines is 1. The Hall–Kier alpha value is -3.82. The van der Waals surface area contributed by atoms with E-state index in [4.69, 9.17) is 4.42 Å². The third-order valence-electron chi connectivity index (χ3n) is 7.15.